The van der Waals surface area contributed by atoms with Crippen LogP contribution in [0, 0.1) is 5.41 Å². The highest BCUT2D eigenvalue weighted by atomic mass is 16.2. The number of hydrogen-bond donors (Lipinski definition) is 0. The van der Waals surface area contributed by atoms with Crippen molar-refractivity contribution in [3.63, 3.8) is 0 Å². The first-order chi connectivity index (χ1) is 10.1. The zero-order valence-electron chi connectivity index (χ0n) is 15.5. The van der Waals surface area contributed by atoms with Gasteiger partial charge in [-0.25, -0.2) is 0 Å². The summed E-state index contributed by atoms with van der Waals surface area (Å²) in [6.45, 7) is 19.3. The standard InChI is InChI=1S/C18H35N3O/c1-17(2,3)16(22)20-13-11-19(12-14-20)15-7-9-21(10-8-15)18(4,5)6/h15H,7-14H2,1-6H3. The molecule has 0 unspecified atom stereocenters. The first kappa shape index (κ1) is 17.7. The van der Waals surface area contributed by atoms with Gasteiger partial charge in [0.15, 0.2) is 0 Å². The number of hydrogen-bond acceptors (Lipinski definition) is 3. The van der Waals surface area contributed by atoms with Gasteiger partial charge in [0, 0.05) is 56.3 Å². The second kappa shape index (κ2) is 6.48. The van der Waals surface area contributed by atoms with E-state index in [0.29, 0.717) is 17.5 Å². The molecule has 2 heterocycles. The van der Waals surface area contributed by atoms with Crippen LogP contribution >= 0.6 is 0 Å². The number of amides is 1. The summed E-state index contributed by atoms with van der Waals surface area (Å²) in [5.74, 6) is 0.301. The van der Waals surface area contributed by atoms with Crippen molar-refractivity contribution in [2.45, 2.75) is 66.0 Å². The molecule has 2 aliphatic rings. The molecule has 2 aliphatic heterocycles. The van der Waals surface area contributed by atoms with Crippen LogP contribution in [0.15, 0.2) is 0 Å². The van der Waals surface area contributed by atoms with Crippen LogP contribution in [0.3, 0.4) is 0 Å². The van der Waals surface area contributed by atoms with Gasteiger partial charge in [-0.3, -0.25) is 14.6 Å². The molecule has 0 aliphatic carbocycles. The van der Waals surface area contributed by atoms with E-state index in [1.54, 1.807) is 0 Å². The Kier molecular flexibility index (Phi) is 5.23. The molecular formula is C18H35N3O. The Morgan fingerprint density at radius 1 is 0.818 bits per heavy atom. The van der Waals surface area contributed by atoms with Gasteiger partial charge in [-0.15, -0.1) is 0 Å². The fourth-order valence-corrected chi connectivity index (χ4v) is 3.67. The van der Waals surface area contributed by atoms with E-state index in [1.807, 2.05) is 20.8 Å². The minimum absolute atomic E-state index is 0.250. The second-order valence-electron chi connectivity index (χ2n) is 8.97. The molecule has 128 valence electrons. The third-order valence-electron chi connectivity index (χ3n) is 5.17. The van der Waals surface area contributed by atoms with Crippen LogP contribution in [0.2, 0.25) is 0 Å². The average Bonchev–Trinajstić information content (AvgIpc) is 2.45. The van der Waals surface area contributed by atoms with Crippen molar-refractivity contribution >= 4 is 5.91 Å². The van der Waals surface area contributed by atoms with E-state index in [4.69, 9.17) is 0 Å². The largest absolute Gasteiger partial charge is 0.340 e. The van der Waals surface area contributed by atoms with E-state index in [1.165, 1.54) is 25.9 Å². The molecular weight excluding hydrogens is 274 g/mol. The highest BCUT2D eigenvalue weighted by Crippen LogP contribution is 2.25. The van der Waals surface area contributed by atoms with Crippen LogP contribution in [-0.4, -0.2) is 71.5 Å². The fourth-order valence-electron chi connectivity index (χ4n) is 3.67. The highest BCUT2D eigenvalue weighted by Gasteiger charge is 2.34. The van der Waals surface area contributed by atoms with Crippen molar-refractivity contribution in [3.05, 3.63) is 0 Å². The molecule has 4 heteroatoms. The minimum Gasteiger partial charge on any atom is -0.340 e. The van der Waals surface area contributed by atoms with Gasteiger partial charge < -0.3 is 4.90 Å². The van der Waals surface area contributed by atoms with E-state index in [9.17, 15) is 4.79 Å². The molecule has 2 rings (SSSR count). The quantitative estimate of drug-likeness (QED) is 0.744. The molecule has 2 saturated heterocycles. The number of carbonyl (C=O) groups is 1. The molecule has 0 aromatic heterocycles. The van der Waals surface area contributed by atoms with Crippen molar-refractivity contribution < 1.29 is 4.79 Å². The van der Waals surface area contributed by atoms with Crippen LogP contribution in [-0.2, 0) is 4.79 Å². The normalized spacial score (nSPS) is 23.8. The van der Waals surface area contributed by atoms with E-state index >= 15 is 0 Å². The van der Waals surface area contributed by atoms with Crippen molar-refractivity contribution in [3.8, 4) is 0 Å². The molecule has 0 aromatic rings. The predicted octanol–water partition coefficient (Wildman–Crippen LogP) is 2.44. The lowest BCUT2D eigenvalue weighted by Crippen LogP contribution is -2.57. The molecule has 0 aromatic carbocycles. The maximum absolute atomic E-state index is 12.4. The summed E-state index contributed by atoms with van der Waals surface area (Å²) in [5, 5.41) is 0. The summed E-state index contributed by atoms with van der Waals surface area (Å²) in [6, 6.07) is 0.713. The maximum atomic E-state index is 12.4. The summed E-state index contributed by atoms with van der Waals surface area (Å²) >= 11 is 0. The lowest BCUT2D eigenvalue weighted by atomic mass is 9.94. The topological polar surface area (TPSA) is 26.8 Å². The van der Waals surface area contributed by atoms with E-state index in [2.05, 4.69) is 35.5 Å². The summed E-state index contributed by atoms with van der Waals surface area (Å²) in [5.41, 5.74) is 0.0447. The molecule has 0 atom stereocenters. The second-order valence-corrected chi connectivity index (χ2v) is 8.97. The summed E-state index contributed by atoms with van der Waals surface area (Å²) in [7, 11) is 0. The Bertz CT molecular complexity index is 378. The number of piperazine rings is 1. The fraction of sp³-hybridized carbons (Fsp3) is 0.944. The van der Waals surface area contributed by atoms with Gasteiger partial charge in [0.2, 0.25) is 5.91 Å². The predicted molar refractivity (Wildman–Crippen MR) is 92.0 cm³/mol. The first-order valence-corrected chi connectivity index (χ1v) is 8.87. The number of piperidine rings is 1. The lowest BCUT2D eigenvalue weighted by molar-refractivity contribution is -0.141. The van der Waals surface area contributed by atoms with Gasteiger partial charge in [-0.2, -0.15) is 0 Å². The van der Waals surface area contributed by atoms with Gasteiger partial charge in [0.05, 0.1) is 0 Å². The van der Waals surface area contributed by atoms with E-state index in [0.717, 1.165) is 26.2 Å². The van der Waals surface area contributed by atoms with Gasteiger partial charge >= 0.3 is 0 Å². The van der Waals surface area contributed by atoms with Gasteiger partial charge in [0.25, 0.3) is 0 Å². The zero-order valence-corrected chi connectivity index (χ0v) is 15.5. The smallest absolute Gasteiger partial charge is 0.228 e. The Morgan fingerprint density at radius 3 is 1.73 bits per heavy atom. The molecule has 2 fully saturated rings. The molecule has 0 bridgehead atoms. The van der Waals surface area contributed by atoms with Crippen molar-refractivity contribution in [2.75, 3.05) is 39.3 Å². The number of nitrogens with zero attached hydrogens (tertiary/aromatic N) is 3. The first-order valence-electron chi connectivity index (χ1n) is 8.87. The molecule has 0 N–H and O–H groups in total. The van der Waals surface area contributed by atoms with Crippen LogP contribution in [0.4, 0.5) is 0 Å². The molecule has 4 nitrogen and oxygen atoms in total. The molecule has 0 spiro atoms. The summed E-state index contributed by atoms with van der Waals surface area (Å²) < 4.78 is 0. The lowest BCUT2D eigenvalue weighted by Gasteiger charge is -2.46. The Balaban J connectivity index is 1.80. The van der Waals surface area contributed by atoms with Gasteiger partial charge in [-0.1, -0.05) is 20.8 Å². The number of carbonyl (C=O) groups excluding carboxylic acids is 1. The van der Waals surface area contributed by atoms with Crippen LogP contribution < -0.4 is 0 Å². The van der Waals surface area contributed by atoms with Gasteiger partial charge in [-0.05, 0) is 33.6 Å². The average molecular weight is 309 g/mol. The van der Waals surface area contributed by atoms with E-state index in [-0.39, 0.29) is 5.41 Å². The van der Waals surface area contributed by atoms with Gasteiger partial charge in [0.1, 0.15) is 0 Å². The Morgan fingerprint density at radius 2 is 1.32 bits per heavy atom. The third-order valence-corrected chi connectivity index (χ3v) is 5.17. The van der Waals surface area contributed by atoms with Crippen molar-refractivity contribution in [1.29, 1.82) is 0 Å². The van der Waals surface area contributed by atoms with E-state index < -0.39 is 0 Å². The maximum Gasteiger partial charge on any atom is 0.228 e. The zero-order chi connectivity index (χ0) is 16.5. The number of likely N-dealkylation sites (tertiary alicyclic amines) is 1. The van der Waals surface area contributed by atoms with Crippen molar-refractivity contribution in [1.82, 2.24) is 14.7 Å². The molecule has 0 saturated carbocycles. The van der Waals surface area contributed by atoms with Crippen LogP contribution in [0.5, 0.6) is 0 Å². The molecule has 1 amide bonds. The minimum atomic E-state index is -0.250. The Hall–Kier alpha value is -0.610. The van der Waals surface area contributed by atoms with Crippen molar-refractivity contribution in [2.24, 2.45) is 5.41 Å². The highest BCUT2D eigenvalue weighted by molar-refractivity contribution is 5.81. The van der Waals surface area contributed by atoms with Crippen LogP contribution in [0.25, 0.3) is 0 Å². The van der Waals surface area contributed by atoms with Crippen LogP contribution in [0.1, 0.15) is 54.4 Å². The summed E-state index contributed by atoms with van der Waals surface area (Å²) in [6.07, 6.45) is 2.54. The molecule has 0 radical (unpaired) electrons. The third kappa shape index (κ3) is 4.23. The summed E-state index contributed by atoms with van der Waals surface area (Å²) in [4.78, 5) is 19.6. The monoisotopic (exact) mass is 309 g/mol. The molecule has 22 heavy (non-hydrogen) atoms. The Labute approximate surface area is 136 Å². The number of rotatable bonds is 1. The SMILES string of the molecule is CC(C)(C)C(=O)N1CCN(C2CCN(C(C)(C)C)CC2)CC1.